The number of hydrogen-bond acceptors (Lipinski definition) is 2. The molecule has 2 heteroatoms. The van der Waals surface area contributed by atoms with Crippen molar-refractivity contribution in [3.63, 3.8) is 0 Å². The van der Waals surface area contributed by atoms with Gasteiger partial charge in [-0.2, -0.15) is 0 Å². The molecule has 234 valence electrons. The maximum absolute atomic E-state index is 7.64. The molecule has 10 rings (SSSR count). The highest BCUT2D eigenvalue weighted by Gasteiger charge is 2.58. The topological polar surface area (TPSA) is 18.5 Å². The Bertz CT molecular complexity index is 2050. The second kappa shape index (κ2) is 10.3. The summed E-state index contributed by atoms with van der Waals surface area (Å²) in [5, 5.41) is 2.53. The van der Waals surface area contributed by atoms with E-state index in [9.17, 15) is 0 Å². The maximum atomic E-state index is 7.64. The Morgan fingerprint density at radius 1 is 0.723 bits per heavy atom. The highest BCUT2D eigenvalue weighted by Crippen LogP contribution is 2.68. The summed E-state index contributed by atoms with van der Waals surface area (Å²) in [5.41, 5.74) is 10.3. The monoisotopic (exact) mass is 614 g/mol. The number of rotatable bonds is 4. The third kappa shape index (κ3) is 3.85. The molecule has 4 aliphatic carbocycles. The van der Waals surface area contributed by atoms with Crippen molar-refractivity contribution < 1.29 is 9.47 Å². The Morgan fingerprint density at radius 2 is 1.45 bits per heavy atom. The van der Waals surface area contributed by atoms with E-state index in [1.807, 2.05) is 0 Å². The van der Waals surface area contributed by atoms with Gasteiger partial charge in [-0.1, -0.05) is 117 Å². The van der Waals surface area contributed by atoms with Gasteiger partial charge in [0.25, 0.3) is 0 Å². The van der Waals surface area contributed by atoms with Gasteiger partial charge in [-0.15, -0.1) is 0 Å². The van der Waals surface area contributed by atoms with Crippen LogP contribution in [0.2, 0.25) is 0 Å². The van der Waals surface area contributed by atoms with E-state index in [1.54, 1.807) is 12.7 Å². The standard InChI is InChI=1S/C45H42O2/c1-46-35-23-21-33(22-24-35)45(32-19-16-31(17-20-32)30-9-3-2-4-10-30)26-25-39-42-41(36-11-5-6-12-37(36)43(39)47-45)38-13-7-8-14-40(38)44(42)28-29-15-18-34(44)27-29/h5-8,11-14,16-17,19-26,29-30,34H,2-4,9-10,15,18,27-28H2,1H3. The van der Waals surface area contributed by atoms with Crippen LogP contribution in [-0.2, 0) is 11.0 Å². The highest BCUT2D eigenvalue weighted by atomic mass is 16.5. The van der Waals surface area contributed by atoms with Gasteiger partial charge in [-0.3, -0.25) is 0 Å². The van der Waals surface area contributed by atoms with Crippen LogP contribution in [0.5, 0.6) is 11.5 Å². The summed E-state index contributed by atoms with van der Waals surface area (Å²) in [7, 11) is 1.73. The minimum atomic E-state index is -0.755. The number of hydrogen-bond donors (Lipinski definition) is 0. The lowest BCUT2D eigenvalue weighted by Gasteiger charge is -2.41. The summed E-state index contributed by atoms with van der Waals surface area (Å²) >= 11 is 0. The third-order valence-corrected chi connectivity index (χ3v) is 12.9. The molecule has 2 bridgehead atoms. The molecule has 1 aliphatic heterocycles. The van der Waals surface area contributed by atoms with Gasteiger partial charge in [0.2, 0.25) is 0 Å². The van der Waals surface area contributed by atoms with Gasteiger partial charge in [0.15, 0.2) is 5.60 Å². The summed E-state index contributed by atoms with van der Waals surface area (Å²) < 4.78 is 13.2. The van der Waals surface area contributed by atoms with Crippen LogP contribution in [0, 0.1) is 11.8 Å². The smallest absolute Gasteiger partial charge is 0.178 e. The zero-order valence-corrected chi connectivity index (χ0v) is 27.3. The van der Waals surface area contributed by atoms with Crippen molar-refractivity contribution in [2.75, 3.05) is 7.11 Å². The van der Waals surface area contributed by atoms with E-state index in [2.05, 4.69) is 109 Å². The molecule has 0 aromatic heterocycles. The van der Waals surface area contributed by atoms with Crippen molar-refractivity contribution in [3.8, 4) is 22.6 Å². The van der Waals surface area contributed by atoms with E-state index in [1.165, 1.54) is 102 Å². The van der Waals surface area contributed by atoms with Gasteiger partial charge >= 0.3 is 0 Å². The average molecular weight is 615 g/mol. The zero-order chi connectivity index (χ0) is 31.2. The molecule has 0 saturated heterocycles. The van der Waals surface area contributed by atoms with Gasteiger partial charge in [-0.05, 0) is 101 Å². The molecule has 4 unspecified atom stereocenters. The first-order valence-corrected chi connectivity index (χ1v) is 18.0. The van der Waals surface area contributed by atoms with Crippen molar-refractivity contribution in [3.05, 3.63) is 137 Å². The Balaban J connectivity index is 1.20. The van der Waals surface area contributed by atoms with Crippen LogP contribution in [-0.4, -0.2) is 7.11 Å². The predicted octanol–water partition coefficient (Wildman–Crippen LogP) is 11.3. The summed E-state index contributed by atoms with van der Waals surface area (Å²) in [6.45, 7) is 0. The molecule has 1 heterocycles. The number of benzene rings is 5. The van der Waals surface area contributed by atoms with E-state index in [0.29, 0.717) is 11.8 Å². The summed E-state index contributed by atoms with van der Waals surface area (Å²) in [4.78, 5) is 0. The molecule has 0 radical (unpaired) electrons. The summed E-state index contributed by atoms with van der Waals surface area (Å²) in [6.07, 6.45) is 16.8. The van der Waals surface area contributed by atoms with Crippen LogP contribution in [0.4, 0.5) is 0 Å². The Labute approximate surface area is 278 Å². The molecule has 0 amide bonds. The quantitative estimate of drug-likeness (QED) is 0.200. The number of ether oxygens (including phenoxy) is 2. The second-order valence-corrected chi connectivity index (χ2v) is 15.0. The number of fused-ring (bicyclic) bond motifs is 13. The fourth-order valence-corrected chi connectivity index (χ4v) is 10.8. The number of methoxy groups -OCH3 is 1. The van der Waals surface area contributed by atoms with E-state index >= 15 is 0 Å². The predicted molar refractivity (Wildman–Crippen MR) is 191 cm³/mol. The van der Waals surface area contributed by atoms with Gasteiger partial charge in [0.1, 0.15) is 11.5 Å². The first-order valence-electron chi connectivity index (χ1n) is 18.0. The lowest BCUT2D eigenvalue weighted by Crippen LogP contribution is -2.36. The summed E-state index contributed by atoms with van der Waals surface area (Å²) in [5.74, 6) is 4.06. The molecular formula is C45H42O2. The van der Waals surface area contributed by atoms with Crippen LogP contribution < -0.4 is 9.47 Å². The van der Waals surface area contributed by atoms with Crippen molar-refractivity contribution in [1.82, 2.24) is 0 Å². The summed E-state index contributed by atoms with van der Waals surface area (Å²) in [6, 6.07) is 36.3. The largest absolute Gasteiger partial charge is 0.497 e. The van der Waals surface area contributed by atoms with Gasteiger partial charge in [-0.25, -0.2) is 0 Å². The zero-order valence-electron chi connectivity index (χ0n) is 27.3. The molecule has 3 fully saturated rings. The van der Waals surface area contributed by atoms with E-state index < -0.39 is 5.60 Å². The Kier molecular flexibility index (Phi) is 6.12. The molecule has 1 spiro atoms. The fraction of sp³-hybridized carbons (Fsp3) is 0.333. The third-order valence-electron chi connectivity index (χ3n) is 12.9. The fourth-order valence-electron chi connectivity index (χ4n) is 10.8. The minimum absolute atomic E-state index is 0.0679. The Morgan fingerprint density at radius 3 is 2.17 bits per heavy atom. The van der Waals surface area contributed by atoms with Crippen LogP contribution in [0.3, 0.4) is 0 Å². The lowest BCUT2D eigenvalue weighted by molar-refractivity contribution is 0.163. The first kappa shape index (κ1) is 27.8. The van der Waals surface area contributed by atoms with Crippen molar-refractivity contribution in [2.45, 2.75) is 74.7 Å². The molecule has 5 aliphatic rings. The van der Waals surface area contributed by atoms with Gasteiger partial charge < -0.3 is 9.47 Å². The molecule has 47 heavy (non-hydrogen) atoms. The van der Waals surface area contributed by atoms with Gasteiger partial charge in [0.05, 0.1) is 7.11 Å². The van der Waals surface area contributed by atoms with Crippen LogP contribution in [0.15, 0.2) is 103 Å². The molecule has 2 nitrogen and oxygen atoms in total. The first-order chi connectivity index (χ1) is 23.2. The molecule has 5 aromatic rings. The maximum Gasteiger partial charge on any atom is 0.178 e. The van der Waals surface area contributed by atoms with E-state index in [-0.39, 0.29) is 5.41 Å². The molecule has 5 aromatic carbocycles. The minimum Gasteiger partial charge on any atom is -0.497 e. The van der Waals surface area contributed by atoms with Crippen LogP contribution >= 0.6 is 0 Å². The van der Waals surface area contributed by atoms with Crippen molar-refractivity contribution in [2.24, 2.45) is 11.8 Å². The van der Waals surface area contributed by atoms with Crippen LogP contribution in [0.25, 0.3) is 28.0 Å². The SMILES string of the molecule is COc1ccc(C2(c3ccc(C4CCCCC4)cc3)C=Cc3c4c(c5ccccc5c3O2)-c2ccccc2C42CC3CCC2C3)cc1. The van der Waals surface area contributed by atoms with Crippen molar-refractivity contribution in [1.29, 1.82) is 0 Å². The molecule has 3 saturated carbocycles. The molecular weight excluding hydrogens is 572 g/mol. The lowest BCUT2D eigenvalue weighted by atomic mass is 9.65. The highest BCUT2D eigenvalue weighted by molar-refractivity contribution is 6.08. The van der Waals surface area contributed by atoms with Gasteiger partial charge in [0, 0.05) is 27.5 Å². The molecule has 4 atom stereocenters. The van der Waals surface area contributed by atoms with E-state index in [4.69, 9.17) is 9.47 Å². The second-order valence-electron chi connectivity index (χ2n) is 15.0. The van der Waals surface area contributed by atoms with Crippen LogP contribution in [0.1, 0.15) is 97.1 Å². The van der Waals surface area contributed by atoms with Crippen molar-refractivity contribution >= 4 is 16.8 Å². The average Bonchev–Trinajstić information content (AvgIpc) is 3.85. The molecule has 0 N–H and O–H groups in total. The Hall–Kier alpha value is -4.30. The van der Waals surface area contributed by atoms with E-state index in [0.717, 1.165) is 23.0 Å². The normalized spacial score (nSPS) is 27.1.